The van der Waals surface area contributed by atoms with Crippen molar-refractivity contribution in [3.63, 3.8) is 0 Å². The number of aromatic nitrogens is 2. The lowest BCUT2D eigenvalue weighted by molar-refractivity contribution is -0.136. The number of benzene rings is 1. The van der Waals surface area contributed by atoms with E-state index in [4.69, 9.17) is 0 Å². The van der Waals surface area contributed by atoms with Crippen LogP contribution in [0.3, 0.4) is 0 Å². The van der Waals surface area contributed by atoms with Gasteiger partial charge in [-0.25, -0.2) is 4.98 Å². The molecule has 0 spiro atoms. The lowest BCUT2D eigenvalue weighted by atomic mass is 10.2. The lowest BCUT2D eigenvalue weighted by Gasteiger charge is -2.35. The molecule has 1 atom stereocenters. The number of hydrogen-bond acceptors (Lipinski definition) is 4. The maximum Gasteiger partial charge on any atom is 0.245 e. The Balaban J connectivity index is 1.31. The average Bonchev–Trinajstić information content (AvgIpc) is 3.40. The molecule has 1 unspecified atom stereocenters. The normalized spacial score (nSPS) is 16.3. The fraction of sp³-hybridized carbons (Fsp3) is 0.333. The van der Waals surface area contributed by atoms with Gasteiger partial charge in [-0.2, -0.15) is 0 Å². The molecule has 0 bridgehead atoms. The fourth-order valence-electron chi connectivity index (χ4n) is 3.47. The van der Waals surface area contributed by atoms with Crippen molar-refractivity contribution < 1.29 is 4.79 Å². The Hall–Kier alpha value is -1.96. The molecule has 0 saturated carbocycles. The van der Waals surface area contributed by atoms with Gasteiger partial charge in [-0.1, -0.05) is 28.1 Å². The summed E-state index contributed by atoms with van der Waals surface area (Å²) in [7, 11) is 0. The summed E-state index contributed by atoms with van der Waals surface area (Å²) in [6, 6.07) is 12.7. The Morgan fingerprint density at radius 2 is 1.89 bits per heavy atom. The quantitative estimate of drug-likeness (QED) is 0.572. The summed E-state index contributed by atoms with van der Waals surface area (Å²) in [4.78, 5) is 23.8. The van der Waals surface area contributed by atoms with Crippen LogP contribution in [-0.4, -0.2) is 51.4 Å². The first kappa shape index (κ1) is 19.4. The molecule has 7 heteroatoms. The van der Waals surface area contributed by atoms with Gasteiger partial charge in [-0.3, -0.25) is 9.69 Å². The molecule has 2 aromatic heterocycles. The number of imidazole rings is 1. The van der Waals surface area contributed by atoms with Crippen LogP contribution in [0.2, 0.25) is 0 Å². The molecule has 1 aromatic carbocycles. The second-order valence-corrected chi connectivity index (χ2v) is 9.14. The van der Waals surface area contributed by atoms with Gasteiger partial charge in [-0.05, 0) is 36.8 Å². The van der Waals surface area contributed by atoms with Gasteiger partial charge < -0.3 is 9.47 Å². The topological polar surface area (TPSA) is 41.4 Å². The molecule has 1 aliphatic rings. The summed E-state index contributed by atoms with van der Waals surface area (Å²) >= 11 is 5.34. The standard InChI is InChI=1S/C21H23BrN4OS/c1-16(26-9-8-23-15-26)21(27)25-12-10-24(11-13-25)14-19-6-7-20(28-19)17-2-4-18(22)5-3-17/h2-9,15-16H,10-14H2,1H3. The van der Waals surface area contributed by atoms with E-state index >= 15 is 0 Å². The molecule has 0 N–H and O–H groups in total. The predicted molar refractivity (Wildman–Crippen MR) is 116 cm³/mol. The molecular formula is C21H23BrN4OS. The molecule has 1 aliphatic heterocycles. The SMILES string of the molecule is CC(C(=O)N1CCN(Cc2ccc(-c3ccc(Br)cc3)s2)CC1)n1ccnc1. The Bertz CT molecular complexity index is 914. The van der Waals surface area contributed by atoms with Gasteiger partial charge in [0.25, 0.3) is 0 Å². The molecule has 146 valence electrons. The zero-order valence-electron chi connectivity index (χ0n) is 15.8. The third-order valence-corrected chi connectivity index (χ3v) is 6.83. The van der Waals surface area contributed by atoms with Crippen molar-refractivity contribution in [2.45, 2.75) is 19.5 Å². The summed E-state index contributed by atoms with van der Waals surface area (Å²) in [5.74, 6) is 0.172. The molecular weight excluding hydrogens is 436 g/mol. The number of amides is 1. The second kappa shape index (κ2) is 8.59. The highest BCUT2D eigenvalue weighted by molar-refractivity contribution is 9.10. The molecule has 3 heterocycles. The van der Waals surface area contributed by atoms with Gasteiger partial charge in [0, 0.05) is 59.3 Å². The van der Waals surface area contributed by atoms with Gasteiger partial charge >= 0.3 is 0 Å². The number of carbonyl (C=O) groups is 1. The molecule has 0 aliphatic carbocycles. The number of rotatable bonds is 5. The van der Waals surface area contributed by atoms with Crippen LogP contribution >= 0.6 is 27.3 Å². The van der Waals surface area contributed by atoms with Gasteiger partial charge in [-0.15, -0.1) is 11.3 Å². The zero-order chi connectivity index (χ0) is 19.5. The first-order valence-electron chi connectivity index (χ1n) is 9.43. The van der Waals surface area contributed by atoms with Crippen LogP contribution in [-0.2, 0) is 11.3 Å². The first-order valence-corrected chi connectivity index (χ1v) is 11.0. The summed E-state index contributed by atoms with van der Waals surface area (Å²) in [6.45, 7) is 6.26. The van der Waals surface area contributed by atoms with Gasteiger partial charge in [0.15, 0.2) is 0 Å². The number of hydrogen-bond donors (Lipinski definition) is 0. The van der Waals surface area contributed by atoms with E-state index in [1.165, 1.54) is 15.3 Å². The summed E-state index contributed by atoms with van der Waals surface area (Å²) in [6.07, 6.45) is 5.27. The summed E-state index contributed by atoms with van der Waals surface area (Å²) in [5, 5.41) is 0. The third-order valence-electron chi connectivity index (χ3n) is 5.18. The third kappa shape index (κ3) is 4.37. The molecule has 1 fully saturated rings. The molecule has 3 aromatic rings. The molecule has 4 rings (SSSR count). The summed E-state index contributed by atoms with van der Waals surface area (Å²) in [5.41, 5.74) is 1.25. The van der Waals surface area contributed by atoms with E-state index in [2.05, 4.69) is 62.2 Å². The van der Waals surface area contributed by atoms with Crippen molar-refractivity contribution in [3.8, 4) is 10.4 Å². The molecule has 1 amide bonds. The van der Waals surface area contributed by atoms with Crippen LogP contribution < -0.4 is 0 Å². The molecule has 1 saturated heterocycles. The smallest absolute Gasteiger partial charge is 0.245 e. The summed E-state index contributed by atoms with van der Waals surface area (Å²) < 4.78 is 2.96. The minimum absolute atomic E-state index is 0.172. The van der Waals surface area contributed by atoms with E-state index in [1.807, 2.05) is 33.9 Å². The predicted octanol–water partition coefficient (Wildman–Crippen LogP) is 4.28. The first-order chi connectivity index (χ1) is 13.6. The largest absolute Gasteiger partial charge is 0.338 e. The average molecular weight is 459 g/mol. The molecule has 5 nitrogen and oxygen atoms in total. The van der Waals surface area contributed by atoms with Crippen molar-refractivity contribution in [1.29, 1.82) is 0 Å². The number of piperazine rings is 1. The van der Waals surface area contributed by atoms with Crippen LogP contribution in [0.5, 0.6) is 0 Å². The minimum Gasteiger partial charge on any atom is -0.338 e. The Kier molecular flexibility index (Phi) is 5.94. The van der Waals surface area contributed by atoms with Crippen molar-refractivity contribution >= 4 is 33.2 Å². The van der Waals surface area contributed by atoms with E-state index in [0.29, 0.717) is 0 Å². The zero-order valence-corrected chi connectivity index (χ0v) is 18.2. The van der Waals surface area contributed by atoms with E-state index in [-0.39, 0.29) is 11.9 Å². The van der Waals surface area contributed by atoms with Crippen molar-refractivity contribution in [2.75, 3.05) is 26.2 Å². The highest BCUT2D eigenvalue weighted by atomic mass is 79.9. The van der Waals surface area contributed by atoms with Crippen molar-refractivity contribution in [3.05, 3.63) is 64.5 Å². The Morgan fingerprint density at radius 1 is 1.14 bits per heavy atom. The van der Waals surface area contributed by atoms with Crippen molar-refractivity contribution in [1.82, 2.24) is 19.4 Å². The lowest BCUT2D eigenvalue weighted by Crippen LogP contribution is -2.49. The van der Waals surface area contributed by atoms with Gasteiger partial charge in [0.2, 0.25) is 5.91 Å². The van der Waals surface area contributed by atoms with Gasteiger partial charge in [0.1, 0.15) is 6.04 Å². The number of nitrogens with zero attached hydrogens (tertiary/aromatic N) is 4. The van der Waals surface area contributed by atoms with E-state index in [0.717, 1.165) is 37.2 Å². The Labute approximate surface area is 177 Å². The van der Waals surface area contributed by atoms with E-state index in [9.17, 15) is 4.79 Å². The maximum atomic E-state index is 12.7. The monoisotopic (exact) mass is 458 g/mol. The van der Waals surface area contributed by atoms with Crippen LogP contribution in [0, 0.1) is 0 Å². The van der Waals surface area contributed by atoms with Crippen LogP contribution in [0.15, 0.2) is 59.6 Å². The number of carbonyl (C=O) groups excluding carboxylic acids is 1. The maximum absolute atomic E-state index is 12.7. The van der Waals surface area contributed by atoms with Gasteiger partial charge in [0.05, 0.1) is 6.33 Å². The van der Waals surface area contributed by atoms with E-state index in [1.54, 1.807) is 12.5 Å². The van der Waals surface area contributed by atoms with Crippen LogP contribution in [0.1, 0.15) is 17.8 Å². The number of halogens is 1. The van der Waals surface area contributed by atoms with E-state index < -0.39 is 0 Å². The molecule has 28 heavy (non-hydrogen) atoms. The van der Waals surface area contributed by atoms with Crippen molar-refractivity contribution in [2.24, 2.45) is 0 Å². The van der Waals surface area contributed by atoms with Crippen LogP contribution in [0.25, 0.3) is 10.4 Å². The highest BCUT2D eigenvalue weighted by Gasteiger charge is 2.25. The molecule has 0 radical (unpaired) electrons. The Morgan fingerprint density at radius 3 is 2.57 bits per heavy atom. The second-order valence-electron chi connectivity index (χ2n) is 7.06. The fourth-order valence-corrected chi connectivity index (χ4v) is 4.79. The minimum atomic E-state index is -0.195. The van der Waals surface area contributed by atoms with Crippen LogP contribution in [0.4, 0.5) is 0 Å². The number of thiophene rings is 1. The highest BCUT2D eigenvalue weighted by Crippen LogP contribution is 2.30.